The number of piperidine rings is 1. The van der Waals surface area contributed by atoms with Crippen LogP contribution in [0.2, 0.25) is 0 Å². The molecule has 0 spiro atoms. The van der Waals surface area contributed by atoms with Crippen LogP contribution in [-0.2, 0) is 4.74 Å². The second kappa shape index (κ2) is 7.73. The van der Waals surface area contributed by atoms with Crippen LogP contribution in [-0.4, -0.2) is 53.3 Å². The molecule has 1 saturated heterocycles. The molecule has 0 atom stereocenters. The number of hydrogen-bond acceptors (Lipinski definition) is 4. The van der Waals surface area contributed by atoms with Crippen molar-refractivity contribution in [2.24, 2.45) is 0 Å². The molecule has 0 unspecified atom stereocenters. The summed E-state index contributed by atoms with van der Waals surface area (Å²) in [5, 5.41) is 9.80. The molecule has 1 aliphatic heterocycles. The molecular weight excluding hydrogens is 304 g/mol. The maximum Gasteiger partial charge on any atom is 0.256 e. The van der Waals surface area contributed by atoms with Gasteiger partial charge < -0.3 is 14.7 Å². The normalized spacial score (nSPS) is 15.8. The number of nitrogens with zero attached hydrogens (tertiary/aromatic N) is 2. The zero-order valence-electron chi connectivity index (χ0n) is 14.1. The van der Waals surface area contributed by atoms with Gasteiger partial charge in [0.1, 0.15) is 0 Å². The molecule has 1 aliphatic rings. The minimum Gasteiger partial charge on any atom is -0.396 e. The Labute approximate surface area is 142 Å². The zero-order chi connectivity index (χ0) is 16.9. The van der Waals surface area contributed by atoms with Crippen LogP contribution in [0.15, 0.2) is 30.3 Å². The number of ether oxygens (including phenoxy) is 1. The lowest BCUT2D eigenvalue weighted by atomic mass is 10.0. The van der Waals surface area contributed by atoms with E-state index in [2.05, 4.69) is 4.98 Å². The van der Waals surface area contributed by atoms with Gasteiger partial charge in [-0.2, -0.15) is 0 Å². The summed E-state index contributed by atoms with van der Waals surface area (Å²) in [5.41, 5.74) is 2.37. The van der Waals surface area contributed by atoms with Crippen molar-refractivity contribution < 1.29 is 14.6 Å². The first kappa shape index (κ1) is 16.9. The maximum atomic E-state index is 12.9. The molecule has 1 aromatic carbocycles. The Kier molecular flexibility index (Phi) is 5.43. The topological polar surface area (TPSA) is 62.7 Å². The summed E-state index contributed by atoms with van der Waals surface area (Å²) in [5.74, 6) is 0.0486. The van der Waals surface area contributed by atoms with Gasteiger partial charge in [0, 0.05) is 37.4 Å². The van der Waals surface area contributed by atoms with Crippen molar-refractivity contribution in [1.82, 2.24) is 9.88 Å². The lowest BCUT2D eigenvalue weighted by Crippen LogP contribution is -2.41. The number of aliphatic hydroxyl groups is 1. The highest BCUT2D eigenvalue weighted by atomic mass is 16.5. The predicted molar refractivity (Wildman–Crippen MR) is 93.1 cm³/mol. The molecule has 128 valence electrons. The van der Waals surface area contributed by atoms with E-state index in [0.29, 0.717) is 31.7 Å². The van der Waals surface area contributed by atoms with Crippen LogP contribution in [0.25, 0.3) is 10.9 Å². The first-order chi connectivity index (χ1) is 11.7. The summed E-state index contributed by atoms with van der Waals surface area (Å²) in [4.78, 5) is 19.4. The molecule has 1 N–H and O–H groups in total. The smallest absolute Gasteiger partial charge is 0.256 e. The number of rotatable bonds is 5. The Balaban J connectivity index is 1.69. The fraction of sp³-hybridized carbons (Fsp3) is 0.474. The number of para-hydroxylation sites is 1. The lowest BCUT2D eigenvalue weighted by molar-refractivity contribution is 0.00402. The van der Waals surface area contributed by atoms with Crippen molar-refractivity contribution in [2.75, 3.05) is 26.3 Å². The van der Waals surface area contributed by atoms with Gasteiger partial charge in [0.25, 0.3) is 5.91 Å². The summed E-state index contributed by atoms with van der Waals surface area (Å²) in [7, 11) is 0. The van der Waals surface area contributed by atoms with Crippen LogP contribution in [0.5, 0.6) is 0 Å². The number of benzene rings is 1. The quantitative estimate of drug-likeness (QED) is 0.857. The summed E-state index contributed by atoms with van der Waals surface area (Å²) >= 11 is 0. The molecule has 3 rings (SSSR count). The van der Waals surface area contributed by atoms with E-state index in [1.165, 1.54) is 0 Å². The minimum absolute atomic E-state index is 0.0486. The number of aryl methyl sites for hydroxylation is 1. The van der Waals surface area contributed by atoms with Gasteiger partial charge in [0.05, 0.1) is 17.2 Å². The van der Waals surface area contributed by atoms with Crippen LogP contribution in [0.3, 0.4) is 0 Å². The number of fused-ring (bicyclic) bond motifs is 1. The molecule has 0 aliphatic carbocycles. The monoisotopic (exact) mass is 328 g/mol. The van der Waals surface area contributed by atoms with Crippen molar-refractivity contribution in [3.63, 3.8) is 0 Å². The van der Waals surface area contributed by atoms with Gasteiger partial charge in [0.15, 0.2) is 0 Å². The first-order valence-corrected chi connectivity index (χ1v) is 8.57. The number of carbonyl (C=O) groups excluding carboxylic acids is 1. The third-order valence-electron chi connectivity index (χ3n) is 4.48. The lowest BCUT2D eigenvalue weighted by Gasteiger charge is -2.32. The van der Waals surface area contributed by atoms with Gasteiger partial charge in [-0.1, -0.05) is 18.2 Å². The van der Waals surface area contributed by atoms with Gasteiger partial charge in [0.2, 0.25) is 0 Å². The molecule has 0 saturated carbocycles. The Morgan fingerprint density at radius 3 is 2.83 bits per heavy atom. The third-order valence-corrected chi connectivity index (χ3v) is 4.48. The molecule has 0 radical (unpaired) electrons. The maximum absolute atomic E-state index is 12.9. The molecule has 5 heteroatoms. The van der Waals surface area contributed by atoms with E-state index >= 15 is 0 Å². The van der Waals surface area contributed by atoms with Gasteiger partial charge >= 0.3 is 0 Å². The van der Waals surface area contributed by atoms with Gasteiger partial charge in [-0.25, -0.2) is 0 Å². The SMILES string of the molecule is Cc1ccc2cccc(C(=O)N3CCC(OCCCO)CC3)c2n1. The largest absolute Gasteiger partial charge is 0.396 e. The predicted octanol–water partition coefficient (Wildman–Crippen LogP) is 2.55. The number of likely N-dealkylation sites (tertiary alicyclic amines) is 1. The molecule has 5 nitrogen and oxygen atoms in total. The molecular formula is C19H24N2O3. The second-order valence-corrected chi connectivity index (χ2v) is 6.27. The van der Waals surface area contributed by atoms with Crippen molar-refractivity contribution in [3.8, 4) is 0 Å². The third kappa shape index (κ3) is 3.74. The molecule has 1 fully saturated rings. The van der Waals surface area contributed by atoms with Gasteiger partial charge in [-0.3, -0.25) is 9.78 Å². The van der Waals surface area contributed by atoms with Gasteiger partial charge in [-0.15, -0.1) is 0 Å². The summed E-state index contributed by atoms with van der Waals surface area (Å²) in [6, 6.07) is 9.74. The number of pyridine rings is 1. The second-order valence-electron chi connectivity index (χ2n) is 6.27. The molecule has 24 heavy (non-hydrogen) atoms. The van der Waals surface area contributed by atoms with Crippen LogP contribution >= 0.6 is 0 Å². The van der Waals surface area contributed by atoms with Crippen LogP contribution < -0.4 is 0 Å². The van der Waals surface area contributed by atoms with E-state index in [1.54, 1.807) is 0 Å². The summed E-state index contributed by atoms with van der Waals surface area (Å²) in [6.45, 7) is 4.08. The standard InChI is InChI=1S/C19H24N2O3/c1-14-6-7-15-4-2-5-17(18(15)20-14)19(23)21-10-8-16(9-11-21)24-13-3-12-22/h2,4-7,16,22H,3,8-13H2,1H3. The Morgan fingerprint density at radius 1 is 1.29 bits per heavy atom. The Bertz CT molecular complexity index is 709. The molecule has 2 heterocycles. The number of carbonyl (C=O) groups is 1. The fourth-order valence-corrected chi connectivity index (χ4v) is 3.13. The van der Waals surface area contributed by atoms with Crippen molar-refractivity contribution in [1.29, 1.82) is 0 Å². The number of aliphatic hydroxyl groups excluding tert-OH is 1. The zero-order valence-corrected chi connectivity index (χ0v) is 14.1. The van der Waals surface area contributed by atoms with E-state index in [0.717, 1.165) is 29.4 Å². The summed E-state index contributed by atoms with van der Waals surface area (Å²) in [6.07, 6.45) is 2.54. The van der Waals surface area contributed by atoms with E-state index < -0.39 is 0 Å². The van der Waals surface area contributed by atoms with E-state index in [1.807, 2.05) is 42.2 Å². The highest BCUT2D eigenvalue weighted by Gasteiger charge is 2.25. The highest BCUT2D eigenvalue weighted by molar-refractivity contribution is 6.05. The van der Waals surface area contributed by atoms with Crippen LogP contribution in [0.1, 0.15) is 35.3 Å². The van der Waals surface area contributed by atoms with E-state index in [4.69, 9.17) is 9.84 Å². The molecule has 1 amide bonds. The van der Waals surface area contributed by atoms with Crippen molar-refractivity contribution in [2.45, 2.75) is 32.3 Å². The number of aromatic nitrogens is 1. The first-order valence-electron chi connectivity index (χ1n) is 8.57. The minimum atomic E-state index is 0.0486. The van der Waals surface area contributed by atoms with Crippen molar-refractivity contribution in [3.05, 3.63) is 41.6 Å². The van der Waals surface area contributed by atoms with Crippen LogP contribution in [0, 0.1) is 6.92 Å². The number of hydrogen-bond donors (Lipinski definition) is 1. The fourth-order valence-electron chi connectivity index (χ4n) is 3.13. The highest BCUT2D eigenvalue weighted by Crippen LogP contribution is 2.21. The molecule has 1 aromatic heterocycles. The average molecular weight is 328 g/mol. The average Bonchev–Trinajstić information content (AvgIpc) is 2.61. The van der Waals surface area contributed by atoms with Crippen LogP contribution in [0.4, 0.5) is 0 Å². The molecule has 2 aromatic rings. The van der Waals surface area contributed by atoms with Gasteiger partial charge in [-0.05, 0) is 38.3 Å². The molecule has 0 bridgehead atoms. The Morgan fingerprint density at radius 2 is 2.08 bits per heavy atom. The van der Waals surface area contributed by atoms with E-state index in [9.17, 15) is 4.79 Å². The summed E-state index contributed by atoms with van der Waals surface area (Å²) < 4.78 is 5.73. The van der Waals surface area contributed by atoms with Crippen molar-refractivity contribution >= 4 is 16.8 Å². The Hall–Kier alpha value is -1.98. The van der Waals surface area contributed by atoms with E-state index in [-0.39, 0.29) is 18.6 Å². The number of amides is 1.